The summed E-state index contributed by atoms with van der Waals surface area (Å²) in [5, 5.41) is 21.7. The second-order valence-corrected chi connectivity index (χ2v) is 12.2. The van der Waals surface area contributed by atoms with E-state index < -0.39 is 54.0 Å². The Labute approximate surface area is 239 Å². The molecule has 4 N–H and O–H groups in total. The smallest absolute Gasteiger partial charge is 0.408 e. The molecule has 5 atom stereocenters. The van der Waals surface area contributed by atoms with Crippen LogP contribution in [0, 0.1) is 24.7 Å². The Morgan fingerprint density at radius 1 is 1.05 bits per heavy atom. The lowest BCUT2D eigenvalue weighted by Gasteiger charge is -2.29. The largest absolute Gasteiger partial charge is 0.467 e. The van der Waals surface area contributed by atoms with Crippen LogP contribution in [0.5, 0.6) is 0 Å². The van der Waals surface area contributed by atoms with Crippen molar-refractivity contribution in [3.05, 3.63) is 16.1 Å². The number of aliphatic hydroxyl groups is 1. The first kappa shape index (κ1) is 34.6. The maximum Gasteiger partial charge on any atom is 0.408 e. The molecule has 0 spiro atoms. The summed E-state index contributed by atoms with van der Waals surface area (Å²) in [6.45, 7) is 11.0. The van der Waals surface area contributed by atoms with Gasteiger partial charge in [-0.2, -0.15) is 11.8 Å². The number of aryl methyl sites for hydroxylation is 1. The van der Waals surface area contributed by atoms with Gasteiger partial charge in [-0.15, -0.1) is 11.3 Å². The number of hydrogen-bond donors (Lipinski definition) is 4. The zero-order chi connectivity index (χ0) is 29.7. The molecular formula is C26H44N4O7S2. The van der Waals surface area contributed by atoms with Crippen LogP contribution in [0.15, 0.2) is 5.38 Å². The monoisotopic (exact) mass is 588 g/mol. The maximum atomic E-state index is 13.1. The van der Waals surface area contributed by atoms with E-state index in [4.69, 9.17) is 9.47 Å². The first-order valence-electron chi connectivity index (χ1n) is 13.0. The number of nitrogens with one attached hydrogen (secondary N) is 3. The summed E-state index contributed by atoms with van der Waals surface area (Å²) in [5.74, 6) is -1.77. The van der Waals surface area contributed by atoms with Crippen LogP contribution in [0.4, 0.5) is 4.79 Å². The number of hydrogen-bond acceptors (Lipinski definition) is 10. The number of aliphatic hydroxyl groups excluding tert-OH is 1. The highest BCUT2D eigenvalue weighted by Gasteiger charge is 2.32. The van der Waals surface area contributed by atoms with Crippen molar-refractivity contribution in [2.24, 2.45) is 17.8 Å². The molecule has 0 saturated carbocycles. The number of methoxy groups -OCH3 is 1. The minimum atomic E-state index is -1.04. The van der Waals surface area contributed by atoms with Crippen molar-refractivity contribution in [1.82, 2.24) is 20.9 Å². The van der Waals surface area contributed by atoms with Crippen molar-refractivity contribution in [2.75, 3.05) is 19.1 Å². The van der Waals surface area contributed by atoms with Gasteiger partial charge in [-0.1, -0.05) is 34.6 Å². The number of thiazole rings is 1. The molecular weight excluding hydrogens is 544 g/mol. The van der Waals surface area contributed by atoms with Gasteiger partial charge < -0.3 is 30.5 Å². The molecule has 0 bridgehead atoms. The van der Waals surface area contributed by atoms with Gasteiger partial charge in [0, 0.05) is 22.7 Å². The van der Waals surface area contributed by atoms with Crippen LogP contribution in [0.1, 0.15) is 58.2 Å². The van der Waals surface area contributed by atoms with Crippen molar-refractivity contribution in [3.8, 4) is 0 Å². The average molecular weight is 589 g/mol. The van der Waals surface area contributed by atoms with Crippen LogP contribution in [-0.2, 0) is 30.5 Å². The Morgan fingerprint density at radius 3 is 2.23 bits per heavy atom. The minimum absolute atomic E-state index is 0.000231. The lowest BCUT2D eigenvalue weighted by Crippen LogP contribution is -2.54. The van der Waals surface area contributed by atoms with Crippen LogP contribution in [0.3, 0.4) is 0 Å². The fourth-order valence-electron chi connectivity index (χ4n) is 3.79. The highest BCUT2D eigenvalue weighted by atomic mass is 32.2. The molecule has 0 aromatic carbocycles. The molecule has 1 heterocycles. The van der Waals surface area contributed by atoms with E-state index in [0.717, 1.165) is 5.69 Å². The quantitative estimate of drug-likeness (QED) is 0.213. The molecule has 0 aliphatic rings. The van der Waals surface area contributed by atoms with Crippen LogP contribution in [0.25, 0.3) is 0 Å². The average Bonchev–Trinajstić information content (AvgIpc) is 3.29. The van der Waals surface area contributed by atoms with E-state index in [9.17, 15) is 24.3 Å². The molecule has 39 heavy (non-hydrogen) atoms. The van der Waals surface area contributed by atoms with E-state index in [-0.39, 0.29) is 24.9 Å². The fraction of sp³-hybridized carbons (Fsp3) is 0.731. The molecule has 11 nitrogen and oxygen atoms in total. The van der Waals surface area contributed by atoms with Crippen molar-refractivity contribution in [2.45, 2.75) is 85.2 Å². The number of aromatic nitrogens is 1. The number of amides is 3. The number of carbonyl (C=O) groups excluding carboxylic acids is 4. The topological polar surface area (TPSA) is 156 Å². The first-order chi connectivity index (χ1) is 18.3. The molecule has 0 unspecified atom stereocenters. The molecule has 3 amide bonds. The van der Waals surface area contributed by atoms with E-state index in [1.165, 1.54) is 30.2 Å². The zero-order valence-corrected chi connectivity index (χ0v) is 25.7. The fourth-order valence-corrected chi connectivity index (χ4v) is 5.04. The van der Waals surface area contributed by atoms with Gasteiger partial charge >= 0.3 is 12.1 Å². The highest BCUT2D eigenvalue weighted by molar-refractivity contribution is 7.98. The summed E-state index contributed by atoms with van der Waals surface area (Å²) in [7, 11) is 1.26. The third-order valence-electron chi connectivity index (χ3n) is 5.91. The molecule has 222 valence electrons. The predicted molar refractivity (Wildman–Crippen MR) is 152 cm³/mol. The molecule has 0 aliphatic carbocycles. The second-order valence-electron chi connectivity index (χ2n) is 10.3. The normalized spacial score (nSPS) is 15.2. The van der Waals surface area contributed by atoms with Gasteiger partial charge in [0.05, 0.1) is 19.3 Å². The van der Waals surface area contributed by atoms with E-state index in [1.807, 2.05) is 32.4 Å². The van der Waals surface area contributed by atoms with Crippen LogP contribution < -0.4 is 16.0 Å². The van der Waals surface area contributed by atoms with Crippen molar-refractivity contribution >= 4 is 47.0 Å². The summed E-state index contributed by atoms with van der Waals surface area (Å²) in [5.41, 5.74) is 0.836. The number of rotatable bonds is 16. The number of esters is 1. The van der Waals surface area contributed by atoms with Gasteiger partial charge in [0.15, 0.2) is 0 Å². The lowest BCUT2D eigenvalue weighted by atomic mass is 9.92. The second kappa shape index (κ2) is 17.3. The van der Waals surface area contributed by atoms with Gasteiger partial charge in [-0.3, -0.25) is 9.59 Å². The van der Waals surface area contributed by atoms with Gasteiger partial charge in [-0.05, 0) is 37.9 Å². The predicted octanol–water partition coefficient (Wildman–Crippen LogP) is 2.64. The summed E-state index contributed by atoms with van der Waals surface area (Å²) in [6.07, 6.45) is 0.547. The Kier molecular flexibility index (Phi) is 15.4. The molecule has 0 aliphatic heterocycles. The molecule has 1 aromatic rings. The van der Waals surface area contributed by atoms with E-state index in [1.54, 1.807) is 20.8 Å². The molecule has 13 heteroatoms. The molecule has 0 radical (unpaired) electrons. The Bertz CT molecular complexity index is 941. The van der Waals surface area contributed by atoms with Crippen molar-refractivity contribution in [3.63, 3.8) is 0 Å². The Hall–Kier alpha value is -2.38. The van der Waals surface area contributed by atoms with Gasteiger partial charge in [0.2, 0.25) is 11.8 Å². The third kappa shape index (κ3) is 12.6. The number of ether oxygens (including phenoxy) is 2. The first-order valence-corrected chi connectivity index (χ1v) is 15.3. The summed E-state index contributed by atoms with van der Waals surface area (Å²) in [6, 6.07) is -2.35. The van der Waals surface area contributed by atoms with Gasteiger partial charge in [-0.25, -0.2) is 14.6 Å². The Balaban J connectivity index is 2.82. The molecule has 1 rings (SSSR count). The molecule has 0 saturated heterocycles. The van der Waals surface area contributed by atoms with Crippen molar-refractivity contribution in [1.29, 1.82) is 0 Å². The number of carbonyl (C=O) groups is 4. The van der Waals surface area contributed by atoms with Crippen LogP contribution >= 0.6 is 23.1 Å². The number of nitrogens with zero attached hydrogens (tertiary/aromatic N) is 1. The van der Waals surface area contributed by atoms with Crippen molar-refractivity contribution < 1.29 is 33.8 Å². The number of alkyl carbamates (subject to hydrolysis) is 1. The lowest BCUT2D eigenvalue weighted by molar-refractivity contribution is -0.147. The summed E-state index contributed by atoms with van der Waals surface area (Å²) < 4.78 is 10.00. The van der Waals surface area contributed by atoms with Gasteiger partial charge in [0.1, 0.15) is 23.7 Å². The molecule has 1 aromatic heterocycles. The summed E-state index contributed by atoms with van der Waals surface area (Å²) >= 11 is 2.76. The maximum absolute atomic E-state index is 13.1. The summed E-state index contributed by atoms with van der Waals surface area (Å²) in [4.78, 5) is 54.5. The zero-order valence-electron chi connectivity index (χ0n) is 24.1. The standard InChI is InChI=1S/C26H44N4O7S2/c1-14(2)9-18(20(31)10-16(5)23(32)30-22(15(3)4)25(34)36-7)28-24(33)19(13-38-8)29-26(35)37-11-21-27-17(6)12-39-21/h12,14-16,18-20,22,31H,9-11,13H2,1-8H3,(H,28,33)(H,29,35)(H,30,32)/t16-,18-,19+,20+,22-/m1/s1. The van der Waals surface area contributed by atoms with Crippen LogP contribution in [-0.4, -0.2) is 77.3 Å². The third-order valence-corrected chi connectivity index (χ3v) is 7.52. The Morgan fingerprint density at radius 2 is 1.72 bits per heavy atom. The van der Waals surface area contributed by atoms with Crippen LogP contribution in [0.2, 0.25) is 0 Å². The number of thioether (sulfide) groups is 1. The SMILES string of the molecule is COC(=O)[C@H](NC(=O)[C@H](C)C[C@H](O)[C@@H](CC(C)C)NC(=O)[C@H](CSC)NC(=O)OCc1nc(C)cs1)C(C)C. The molecule has 0 fully saturated rings. The minimum Gasteiger partial charge on any atom is -0.467 e. The highest BCUT2D eigenvalue weighted by Crippen LogP contribution is 2.17. The van der Waals surface area contributed by atoms with Gasteiger partial charge in [0.25, 0.3) is 0 Å². The van der Waals surface area contributed by atoms with E-state index in [2.05, 4.69) is 20.9 Å². The van der Waals surface area contributed by atoms with E-state index in [0.29, 0.717) is 17.2 Å². The van der Waals surface area contributed by atoms with E-state index >= 15 is 0 Å².